The average molecular weight is 150 g/mol. The number of rotatable bonds is 1. The van der Waals surface area contributed by atoms with E-state index in [1.165, 1.54) is 17.5 Å². The van der Waals surface area contributed by atoms with E-state index in [0.29, 0.717) is 4.88 Å². The van der Waals surface area contributed by atoms with Gasteiger partial charge in [-0.25, -0.2) is 0 Å². The number of carbonyl (C=O) groups excluding carboxylic acids is 1. The van der Waals surface area contributed by atoms with Crippen LogP contribution in [0.2, 0.25) is 0 Å². The number of halogens is 1. The van der Waals surface area contributed by atoms with Gasteiger partial charge >= 0.3 is 0 Å². The summed E-state index contributed by atoms with van der Waals surface area (Å²) in [5.41, 5.74) is 1.63. The molecule has 8 heavy (non-hydrogen) atoms. The summed E-state index contributed by atoms with van der Waals surface area (Å²) in [6.07, 6.45) is 2.33. The zero-order valence-corrected chi connectivity index (χ0v) is 5.54. The predicted octanol–water partition coefficient (Wildman–Crippen LogP) is 1.38. The second-order valence-electron chi connectivity index (χ2n) is 1.02. The van der Waals surface area contributed by atoms with Crippen molar-refractivity contribution in [1.29, 1.82) is 0 Å². The lowest BCUT2D eigenvalue weighted by Crippen LogP contribution is -1.63. The highest BCUT2D eigenvalue weighted by molar-refractivity contribution is 7.11. The molecule has 0 aliphatic rings. The number of hydrogen-bond acceptors (Lipinski definition) is 3. The summed E-state index contributed by atoms with van der Waals surface area (Å²) in [6.45, 7) is 0. The Bertz CT molecular complexity index is 151. The van der Waals surface area contributed by atoms with Gasteiger partial charge in [0.15, 0.2) is 6.29 Å². The van der Waals surface area contributed by atoms with Gasteiger partial charge in [0.05, 0.1) is 10.4 Å². The van der Waals surface area contributed by atoms with Crippen molar-refractivity contribution >= 4 is 30.0 Å². The predicted molar refractivity (Wildman–Crippen MR) is 34.7 cm³/mol. The molecule has 0 radical (unpaired) electrons. The van der Waals surface area contributed by atoms with Gasteiger partial charge in [0, 0.05) is 6.20 Å². The summed E-state index contributed by atoms with van der Waals surface area (Å²) in [4.78, 5) is 14.2. The lowest BCUT2D eigenvalue weighted by atomic mass is 10.6. The van der Waals surface area contributed by atoms with Gasteiger partial charge in [-0.3, -0.25) is 9.78 Å². The Morgan fingerprint density at radius 2 is 2.50 bits per heavy atom. The van der Waals surface area contributed by atoms with E-state index in [2.05, 4.69) is 4.98 Å². The molecule has 2 nitrogen and oxygen atoms in total. The molecule has 0 fully saturated rings. The van der Waals surface area contributed by atoms with Gasteiger partial charge in [-0.15, -0.1) is 23.7 Å². The molecule has 0 bridgehead atoms. The van der Waals surface area contributed by atoms with Crippen molar-refractivity contribution in [2.24, 2.45) is 0 Å². The Labute approximate surface area is 57.0 Å². The highest BCUT2D eigenvalue weighted by Gasteiger charge is 1.84. The molecule has 0 saturated heterocycles. The minimum Gasteiger partial charge on any atom is -0.297 e. The molecule has 0 aromatic carbocycles. The van der Waals surface area contributed by atoms with Crippen LogP contribution in [-0.4, -0.2) is 11.3 Å². The Hall–Kier alpha value is -0.410. The summed E-state index contributed by atoms with van der Waals surface area (Å²) in [6, 6.07) is 0. The zero-order valence-electron chi connectivity index (χ0n) is 3.90. The molecule has 0 N–H and O–H groups in total. The molecule has 1 rings (SSSR count). The number of hydrogen-bond donors (Lipinski definition) is 0. The third-order valence-corrected chi connectivity index (χ3v) is 1.27. The Kier molecular flexibility index (Phi) is 3.39. The lowest BCUT2D eigenvalue weighted by Gasteiger charge is -1.63. The minimum absolute atomic E-state index is 0. The van der Waals surface area contributed by atoms with Gasteiger partial charge in [-0.05, 0) is 0 Å². The second-order valence-corrected chi connectivity index (χ2v) is 1.94. The maximum atomic E-state index is 9.84. The highest BCUT2D eigenvalue weighted by atomic mass is 35.5. The summed E-state index contributed by atoms with van der Waals surface area (Å²) in [5.74, 6) is 0. The minimum atomic E-state index is 0. The fraction of sp³-hybridized carbons (Fsp3) is 0. The van der Waals surface area contributed by atoms with E-state index < -0.39 is 0 Å². The van der Waals surface area contributed by atoms with E-state index in [0.717, 1.165) is 6.29 Å². The zero-order chi connectivity index (χ0) is 5.11. The first-order chi connectivity index (χ1) is 3.43. The smallest absolute Gasteiger partial charge is 0.161 e. The normalized spacial score (nSPS) is 7.50. The molecule has 44 valence electrons. The number of nitrogens with zero attached hydrogens (tertiary/aromatic N) is 1. The first kappa shape index (κ1) is 7.59. The van der Waals surface area contributed by atoms with Crippen molar-refractivity contribution in [2.75, 3.05) is 0 Å². The average Bonchev–Trinajstić information content (AvgIpc) is 2.14. The molecule has 0 unspecified atom stereocenters. The van der Waals surface area contributed by atoms with Crippen LogP contribution in [0.3, 0.4) is 0 Å². The number of carbonyl (C=O) groups is 1. The summed E-state index contributed by atoms with van der Waals surface area (Å²) < 4.78 is 0. The van der Waals surface area contributed by atoms with Crippen LogP contribution in [-0.2, 0) is 0 Å². The largest absolute Gasteiger partial charge is 0.297 e. The van der Waals surface area contributed by atoms with E-state index >= 15 is 0 Å². The third-order valence-electron chi connectivity index (χ3n) is 0.568. The van der Waals surface area contributed by atoms with Crippen LogP contribution in [0.4, 0.5) is 0 Å². The van der Waals surface area contributed by atoms with Crippen LogP contribution < -0.4 is 0 Å². The number of aldehydes is 1. The molecular weight excluding hydrogens is 146 g/mol. The fourth-order valence-electron chi connectivity index (χ4n) is 0.284. The molecule has 0 saturated carbocycles. The van der Waals surface area contributed by atoms with Crippen LogP contribution in [0.15, 0.2) is 11.7 Å². The molecule has 0 spiro atoms. The van der Waals surface area contributed by atoms with E-state index in [1.54, 1.807) is 5.51 Å². The van der Waals surface area contributed by atoms with Crippen molar-refractivity contribution < 1.29 is 4.79 Å². The summed E-state index contributed by atoms with van der Waals surface area (Å²) in [5, 5.41) is 0. The molecule has 0 amide bonds. The van der Waals surface area contributed by atoms with Crippen LogP contribution >= 0.6 is 23.7 Å². The first-order valence-electron chi connectivity index (χ1n) is 1.77. The van der Waals surface area contributed by atoms with Crippen molar-refractivity contribution in [2.45, 2.75) is 0 Å². The monoisotopic (exact) mass is 149 g/mol. The standard InChI is InChI=1S/C4H3NOS.ClH/c6-2-4-1-5-3-7-4;/h1-3H;1H. The molecule has 0 atom stereocenters. The van der Waals surface area contributed by atoms with Crippen LogP contribution in [0.25, 0.3) is 0 Å². The van der Waals surface area contributed by atoms with Gasteiger partial charge < -0.3 is 0 Å². The van der Waals surface area contributed by atoms with Crippen molar-refractivity contribution in [3.05, 3.63) is 16.6 Å². The summed E-state index contributed by atoms with van der Waals surface area (Å²) >= 11 is 1.34. The molecule has 1 aromatic rings. The van der Waals surface area contributed by atoms with Crippen LogP contribution in [0, 0.1) is 0 Å². The topological polar surface area (TPSA) is 30.0 Å². The van der Waals surface area contributed by atoms with Gasteiger partial charge in [-0.2, -0.15) is 0 Å². The first-order valence-corrected chi connectivity index (χ1v) is 2.65. The summed E-state index contributed by atoms with van der Waals surface area (Å²) in [7, 11) is 0. The Balaban J connectivity index is 0.000000490. The number of aromatic nitrogens is 1. The second kappa shape index (κ2) is 3.57. The van der Waals surface area contributed by atoms with Gasteiger partial charge in [0.1, 0.15) is 0 Å². The molecule has 0 aliphatic heterocycles. The van der Waals surface area contributed by atoms with Crippen molar-refractivity contribution in [3.63, 3.8) is 0 Å². The van der Waals surface area contributed by atoms with Crippen molar-refractivity contribution in [3.8, 4) is 0 Å². The molecule has 1 heterocycles. The van der Waals surface area contributed by atoms with Gasteiger partial charge in [0.25, 0.3) is 0 Å². The lowest BCUT2D eigenvalue weighted by molar-refractivity contribution is 0.112. The molecule has 4 heteroatoms. The molecule has 1 aromatic heterocycles. The Morgan fingerprint density at radius 1 is 1.75 bits per heavy atom. The van der Waals surface area contributed by atoms with Crippen LogP contribution in [0.5, 0.6) is 0 Å². The maximum Gasteiger partial charge on any atom is 0.161 e. The van der Waals surface area contributed by atoms with E-state index in [1.807, 2.05) is 0 Å². The third kappa shape index (κ3) is 1.60. The SMILES string of the molecule is Cl.O=Cc1cncs1. The van der Waals surface area contributed by atoms with E-state index in [4.69, 9.17) is 0 Å². The van der Waals surface area contributed by atoms with Crippen molar-refractivity contribution in [1.82, 2.24) is 4.98 Å². The van der Waals surface area contributed by atoms with E-state index in [-0.39, 0.29) is 12.4 Å². The molecule has 0 aliphatic carbocycles. The quantitative estimate of drug-likeness (QED) is 0.565. The number of thiazole rings is 1. The maximum absolute atomic E-state index is 9.84. The molecular formula is C4H4ClNOS. The van der Waals surface area contributed by atoms with Crippen LogP contribution in [0.1, 0.15) is 9.67 Å². The Morgan fingerprint density at radius 3 is 2.75 bits per heavy atom. The fourth-order valence-corrected chi connectivity index (χ4v) is 0.705. The van der Waals surface area contributed by atoms with Gasteiger partial charge in [-0.1, -0.05) is 0 Å². The highest BCUT2D eigenvalue weighted by Crippen LogP contribution is 1.99. The van der Waals surface area contributed by atoms with E-state index in [9.17, 15) is 4.79 Å². The van der Waals surface area contributed by atoms with Gasteiger partial charge in [0.2, 0.25) is 0 Å².